The van der Waals surface area contributed by atoms with Crippen LogP contribution in [0.5, 0.6) is 5.75 Å². The van der Waals surface area contributed by atoms with Crippen molar-refractivity contribution in [3.8, 4) is 39.0 Å². The van der Waals surface area contributed by atoms with E-state index in [1.54, 1.807) is 24.4 Å². The number of aliphatic hydroxyl groups is 1. The first kappa shape index (κ1) is 23.6. The van der Waals surface area contributed by atoms with Gasteiger partial charge in [0.1, 0.15) is 10.6 Å². The highest BCUT2D eigenvalue weighted by atomic mass is 32.1. The average Bonchev–Trinajstić information content (AvgIpc) is 3.67. The monoisotopic (exact) mass is 515 g/mol. The van der Waals surface area contributed by atoms with Crippen LogP contribution in [-0.2, 0) is 7.05 Å². The van der Waals surface area contributed by atoms with E-state index in [0.717, 1.165) is 45.0 Å². The highest BCUT2D eigenvalue weighted by Crippen LogP contribution is 2.49. The van der Waals surface area contributed by atoms with Gasteiger partial charge in [0.15, 0.2) is 23.2 Å². The molecule has 7 nitrogen and oxygen atoms in total. The van der Waals surface area contributed by atoms with Crippen LogP contribution in [-0.4, -0.2) is 51.4 Å². The van der Waals surface area contributed by atoms with Gasteiger partial charge in [0, 0.05) is 61.1 Å². The van der Waals surface area contributed by atoms with Crippen LogP contribution in [0.4, 0.5) is 10.2 Å². The number of fused-ring (bicyclic) bond motifs is 1. The van der Waals surface area contributed by atoms with Gasteiger partial charge < -0.3 is 19.3 Å². The molecule has 0 aliphatic carbocycles. The third-order valence-corrected chi connectivity index (χ3v) is 8.00. The number of hydrogen-bond acceptors (Lipinski definition) is 7. The topological polar surface area (TPSA) is 76.3 Å². The number of anilines is 1. The van der Waals surface area contributed by atoms with E-state index in [2.05, 4.69) is 9.88 Å². The Morgan fingerprint density at radius 1 is 1.14 bits per heavy atom. The summed E-state index contributed by atoms with van der Waals surface area (Å²) in [4.78, 5) is 18.2. The summed E-state index contributed by atoms with van der Waals surface area (Å²) in [6, 6.07) is 15.2. The van der Waals surface area contributed by atoms with Crippen molar-refractivity contribution < 1.29 is 14.2 Å². The second-order valence-corrected chi connectivity index (χ2v) is 10.2. The summed E-state index contributed by atoms with van der Waals surface area (Å²) in [6.45, 7) is 1.59. The van der Waals surface area contributed by atoms with Crippen LogP contribution in [0.3, 0.4) is 0 Å². The van der Waals surface area contributed by atoms with Gasteiger partial charge in [0.25, 0.3) is 0 Å². The Morgan fingerprint density at radius 3 is 2.68 bits per heavy atom. The van der Waals surface area contributed by atoms with Gasteiger partial charge >= 0.3 is 0 Å². The maximum absolute atomic E-state index is 15.6. The van der Waals surface area contributed by atoms with Gasteiger partial charge in [-0.3, -0.25) is 0 Å². The lowest BCUT2D eigenvalue weighted by atomic mass is 9.99. The fraction of sp³-hybridized carbons (Fsp3) is 0.250. The van der Waals surface area contributed by atoms with Gasteiger partial charge in [-0.2, -0.15) is 0 Å². The fourth-order valence-corrected chi connectivity index (χ4v) is 6.19. The van der Waals surface area contributed by atoms with E-state index in [1.807, 2.05) is 48.1 Å². The molecule has 1 aliphatic rings. The molecule has 1 N–H and O–H groups in total. The quantitative estimate of drug-likeness (QED) is 0.327. The molecule has 1 aliphatic heterocycles. The summed E-state index contributed by atoms with van der Waals surface area (Å²) < 4.78 is 22.8. The maximum Gasteiger partial charge on any atom is 0.199 e. The number of aromatic nitrogens is 4. The Morgan fingerprint density at radius 2 is 1.97 bits per heavy atom. The van der Waals surface area contributed by atoms with Crippen LogP contribution in [0, 0.1) is 11.7 Å². The summed E-state index contributed by atoms with van der Waals surface area (Å²) in [5, 5.41) is 10.7. The molecule has 1 unspecified atom stereocenters. The minimum absolute atomic E-state index is 0.131. The van der Waals surface area contributed by atoms with Gasteiger partial charge in [-0.25, -0.2) is 19.3 Å². The van der Waals surface area contributed by atoms with E-state index in [9.17, 15) is 5.11 Å². The van der Waals surface area contributed by atoms with E-state index in [1.165, 1.54) is 18.4 Å². The van der Waals surface area contributed by atoms with E-state index in [4.69, 9.17) is 14.7 Å². The minimum Gasteiger partial charge on any atom is -0.494 e. The van der Waals surface area contributed by atoms with Crippen LogP contribution in [0.1, 0.15) is 6.42 Å². The van der Waals surface area contributed by atoms with Crippen LogP contribution >= 0.6 is 11.3 Å². The van der Waals surface area contributed by atoms with E-state index >= 15 is 4.39 Å². The van der Waals surface area contributed by atoms with Crippen molar-refractivity contribution in [3.63, 3.8) is 0 Å². The van der Waals surface area contributed by atoms with Crippen molar-refractivity contribution in [2.45, 2.75) is 6.42 Å². The van der Waals surface area contributed by atoms with Crippen LogP contribution < -0.4 is 9.64 Å². The molecule has 2 aromatic carbocycles. The molecule has 4 heterocycles. The van der Waals surface area contributed by atoms with Gasteiger partial charge in [-0.05, 0) is 18.1 Å². The number of imidazole rings is 1. The zero-order chi connectivity index (χ0) is 25.5. The van der Waals surface area contributed by atoms with Gasteiger partial charge in [-0.15, -0.1) is 11.3 Å². The van der Waals surface area contributed by atoms with Gasteiger partial charge in [0.05, 0.1) is 12.5 Å². The molecular weight excluding hydrogens is 489 g/mol. The molecule has 37 heavy (non-hydrogen) atoms. The van der Waals surface area contributed by atoms with Crippen molar-refractivity contribution in [2.24, 2.45) is 13.0 Å². The highest BCUT2D eigenvalue weighted by Gasteiger charge is 2.30. The predicted molar refractivity (Wildman–Crippen MR) is 144 cm³/mol. The molecule has 0 saturated carbocycles. The average molecular weight is 516 g/mol. The second-order valence-electron chi connectivity index (χ2n) is 9.19. The molecule has 1 atom stereocenters. The standard InChI is InChI=1S/C28H26FN5O2S/c1-33-14-12-30-27(33)25-31-26(34-13-11-17(15-34)16-35)22-21(18-7-4-3-5-8-18)24(37-28(22)32-25)19-9-6-10-20(36-2)23(19)29/h3-10,12,14,17,35H,11,13,15-16H2,1-2H3. The smallest absolute Gasteiger partial charge is 0.199 e. The Balaban J connectivity index is 1.69. The minimum atomic E-state index is -0.408. The molecule has 9 heteroatoms. The van der Waals surface area contributed by atoms with Crippen LogP contribution in [0.15, 0.2) is 60.9 Å². The Kier molecular flexibility index (Phi) is 6.10. The highest BCUT2D eigenvalue weighted by molar-refractivity contribution is 7.22. The molecule has 3 aromatic heterocycles. The first-order valence-electron chi connectivity index (χ1n) is 12.1. The largest absolute Gasteiger partial charge is 0.494 e. The summed E-state index contributed by atoms with van der Waals surface area (Å²) in [5.41, 5.74) is 2.31. The SMILES string of the molecule is COc1cccc(-c2sc3nc(-c4nccn4C)nc(N4CCC(CO)C4)c3c2-c2ccccc2)c1F. The fourth-order valence-electron chi connectivity index (χ4n) is 4.98. The Hall–Kier alpha value is -3.82. The van der Waals surface area contributed by atoms with E-state index in [0.29, 0.717) is 23.8 Å². The third kappa shape index (κ3) is 4.04. The molecule has 0 amide bonds. The maximum atomic E-state index is 15.6. The number of thiophene rings is 1. The number of aliphatic hydroxyl groups excluding tert-OH is 1. The van der Waals surface area contributed by atoms with Gasteiger partial charge in [-0.1, -0.05) is 42.5 Å². The number of benzene rings is 2. The second kappa shape index (κ2) is 9.57. The summed E-state index contributed by atoms with van der Waals surface area (Å²) in [5.74, 6) is 1.92. The first-order chi connectivity index (χ1) is 18.1. The normalized spacial score (nSPS) is 15.6. The van der Waals surface area contributed by atoms with Crippen LogP contribution in [0.2, 0.25) is 0 Å². The van der Waals surface area contributed by atoms with Crippen molar-refractivity contribution in [1.82, 2.24) is 19.5 Å². The van der Waals surface area contributed by atoms with Gasteiger partial charge in [0.2, 0.25) is 0 Å². The van der Waals surface area contributed by atoms with Crippen molar-refractivity contribution in [2.75, 3.05) is 31.7 Å². The first-order valence-corrected chi connectivity index (χ1v) is 13.0. The number of aryl methyl sites for hydroxylation is 1. The molecule has 0 spiro atoms. The molecule has 6 rings (SSSR count). The molecule has 1 fully saturated rings. The summed E-state index contributed by atoms with van der Waals surface area (Å²) >= 11 is 1.44. The van der Waals surface area contributed by atoms with E-state index < -0.39 is 5.82 Å². The summed E-state index contributed by atoms with van der Waals surface area (Å²) in [6.07, 6.45) is 4.46. The lowest BCUT2D eigenvalue weighted by Gasteiger charge is -2.20. The van der Waals surface area contributed by atoms with Crippen molar-refractivity contribution in [1.29, 1.82) is 0 Å². The number of rotatable bonds is 6. The summed E-state index contributed by atoms with van der Waals surface area (Å²) in [7, 11) is 3.38. The number of halogens is 1. The third-order valence-electron chi connectivity index (χ3n) is 6.89. The van der Waals surface area contributed by atoms with Crippen molar-refractivity contribution in [3.05, 3.63) is 66.7 Å². The number of ether oxygens (including phenoxy) is 1. The molecule has 0 bridgehead atoms. The molecule has 188 valence electrons. The Labute approximate surface area is 217 Å². The number of methoxy groups -OCH3 is 1. The zero-order valence-electron chi connectivity index (χ0n) is 20.6. The Bertz CT molecular complexity index is 1580. The van der Waals surface area contributed by atoms with Crippen LogP contribution in [0.25, 0.3) is 43.4 Å². The lowest BCUT2D eigenvalue weighted by molar-refractivity contribution is 0.238. The van der Waals surface area contributed by atoms with E-state index in [-0.39, 0.29) is 18.3 Å². The zero-order valence-corrected chi connectivity index (χ0v) is 21.4. The molecule has 1 saturated heterocycles. The predicted octanol–water partition coefficient (Wildman–Crippen LogP) is 5.39. The molecule has 5 aromatic rings. The molecule has 0 radical (unpaired) electrons. The number of nitrogens with zero attached hydrogens (tertiary/aromatic N) is 5. The van der Waals surface area contributed by atoms with Crippen molar-refractivity contribution >= 4 is 27.4 Å². The molecular formula is C28H26FN5O2S. The number of hydrogen-bond donors (Lipinski definition) is 1. The lowest BCUT2D eigenvalue weighted by Crippen LogP contribution is -2.22.